The van der Waals surface area contributed by atoms with Crippen molar-refractivity contribution in [2.24, 2.45) is 5.41 Å². The highest BCUT2D eigenvalue weighted by Gasteiger charge is 2.62. The van der Waals surface area contributed by atoms with Gasteiger partial charge in [0.15, 0.2) is 11.5 Å². The summed E-state index contributed by atoms with van der Waals surface area (Å²) in [4.78, 5) is 38.7. The Kier molecular flexibility index (Phi) is 3.98. The summed E-state index contributed by atoms with van der Waals surface area (Å²) in [6.07, 6.45) is 0. The molecule has 0 unspecified atom stereocenters. The van der Waals surface area contributed by atoms with E-state index in [1.165, 1.54) is 26.8 Å². The topological polar surface area (TPSA) is 141 Å². The van der Waals surface area contributed by atoms with Crippen LogP contribution in [0.1, 0.15) is 47.1 Å². The van der Waals surface area contributed by atoms with Crippen molar-refractivity contribution in [2.75, 3.05) is 7.11 Å². The second kappa shape index (κ2) is 5.68. The first-order chi connectivity index (χ1) is 12.8. The molecule has 0 heterocycles. The van der Waals surface area contributed by atoms with Gasteiger partial charge in [0.1, 0.15) is 11.5 Å². The number of benzene rings is 2. The minimum atomic E-state index is -2.87. The maximum absolute atomic E-state index is 13.3. The molecule has 1 atom stereocenters. The lowest BCUT2D eigenvalue weighted by Crippen LogP contribution is -2.61. The lowest BCUT2D eigenvalue weighted by Gasteiger charge is -2.41. The molecule has 0 amide bonds. The average molecular weight is 388 g/mol. The predicted molar refractivity (Wildman–Crippen MR) is 98.3 cm³/mol. The number of phenolic OH excluding ortho intramolecular Hbond substituents is 3. The molecule has 0 saturated heterocycles. The maximum atomic E-state index is 13.3. The van der Waals surface area contributed by atoms with Crippen molar-refractivity contribution in [2.45, 2.75) is 33.3 Å². The van der Waals surface area contributed by atoms with E-state index in [4.69, 9.17) is 4.74 Å². The highest BCUT2D eigenvalue weighted by Crippen LogP contribution is 2.54. The van der Waals surface area contributed by atoms with Crippen molar-refractivity contribution in [1.29, 1.82) is 0 Å². The third-order valence-electron chi connectivity index (χ3n) is 5.76. The second-order valence-corrected chi connectivity index (χ2v) is 7.49. The monoisotopic (exact) mass is 388 g/mol. The van der Waals surface area contributed by atoms with Gasteiger partial charge in [0.2, 0.25) is 22.9 Å². The predicted octanol–water partition coefficient (Wildman–Crippen LogP) is 2.00. The zero-order valence-electron chi connectivity index (χ0n) is 16.0. The van der Waals surface area contributed by atoms with Crippen molar-refractivity contribution in [3.63, 3.8) is 0 Å². The molecule has 0 spiro atoms. The minimum absolute atomic E-state index is 0.0156. The van der Waals surface area contributed by atoms with Crippen LogP contribution in [0, 0.1) is 12.3 Å². The highest BCUT2D eigenvalue weighted by atomic mass is 16.5. The van der Waals surface area contributed by atoms with E-state index in [1.807, 2.05) is 0 Å². The van der Waals surface area contributed by atoms with Gasteiger partial charge in [0, 0.05) is 10.8 Å². The molecule has 8 nitrogen and oxygen atoms in total. The SMILES string of the molecule is COc1c(O)c2c3c(c(O)cc(C)c3c1O)C(=O)[C@](O)(C(C)(C)C(C)=O)C2=O. The van der Waals surface area contributed by atoms with E-state index in [0.717, 1.165) is 14.0 Å². The van der Waals surface area contributed by atoms with E-state index in [9.17, 15) is 34.8 Å². The summed E-state index contributed by atoms with van der Waals surface area (Å²) in [5.41, 5.74) is -5.38. The van der Waals surface area contributed by atoms with Gasteiger partial charge in [-0.3, -0.25) is 14.4 Å². The van der Waals surface area contributed by atoms with Crippen LogP contribution >= 0.6 is 0 Å². The van der Waals surface area contributed by atoms with Gasteiger partial charge in [0.05, 0.1) is 23.7 Å². The number of methoxy groups -OCH3 is 1. The van der Waals surface area contributed by atoms with Gasteiger partial charge >= 0.3 is 0 Å². The Morgan fingerprint density at radius 2 is 1.57 bits per heavy atom. The number of carbonyl (C=O) groups excluding carboxylic acids is 3. The summed E-state index contributed by atoms with van der Waals surface area (Å²) in [6, 6.07) is 1.19. The standard InChI is InChI=1S/C20H20O8/c1-7-6-9(22)11-12-10(7)14(23)16(28-5)15(24)13(12)18(26)20(27,17(11)25)19(3,4)8(2)21/h6,22-24,27H,1-5H3/t20-/m1/s1. The number of aliphatic hydroxyl groups is 1. The summed E-state index contributed by atoms with van der Waals surface area (Å²) >= 11 is 0. The molecular weight excluding hydrogens is 368 g/mol. The molecule has 0 saturated carbocycles. The molecule has 28 heavy (non-hydrogen) atoms. The number of aromatic hydroxyl groups is 3. The molecule has 148 valence electrons. The van der Waals surface area contributed by atoms with Crippen LogP contribution in [0.3, 0.4) is 0 Å². The van der Waals surface area contributed by atoms with Crippen LogP contribution in [0.15, 0.2) is 6.07 Å². The summed E-state index contributed by atoms with van der Waals surface area (Å²) in [6.45, 7) is 5.10. The fourth-order valence-corrected chi connectivity index (χ4v) is 3.74. The smallest absolute Gasteiger partial charge is 0.207 e. The molecule has 2 aromatic rings. The van der Waals surface area contributed by atoms with Crippen molar-refractivity contribution in [1.82, 2.24) is 0 Å². The van der Waals surface area contributed by atoms with Crippen molar-refractivity contribution in [3.05, 3.63) is 22.8 Å². The van der Waals surface area contributed by atoms with Gasteiger partial charge in [-0.2, -0.15) is 0 Å². The number of ether oxygens (including phenoxy) is 1. The molecule has 8 heteroatoms. The summed E-state index contributed by atoms with van der Waals surface area (Å²) in [5, 5.41) is 42.6. The molecular formula is C20H20O8. The molecule has 0 radical (unpaired) electrons. The Bertz CT molecular complexity index is 1100. The maximum Gasteiger partial charge on any atom is 0.207 e. The molecule has 1 aliphatic rings. The Labute approximate surface area is 160 Å². The fraction of sp³-hybridized carbons (Fsp3) is 0.350. The average Bonchev–Trinajstić information content (AvgIpc) is 2.59. The van der Waals surface area contributed by atoms with E-state index in [0.29, 0.717) is 5.56 Å². The van der Waals surface area contributed by atoms with E-state index in [-0.39, 0.29) is 10.8 Å². The normalized spacial score (nSPS) is 19.2. The minimum Gasteiger partial charge on any atom is -0.507 e. The summed E-state index contributed by atoms with van der Waals surface area (Å²) < 4.78 is 5.00. The van der Waals surface area contributed by atoms with Crippen molar-refractivity contribution in [3.8, 4) is 23.0 Å². The van der Waals surface area contributed by atoms with Gasteiger partial charge in [-0.15, -0.1) is 0 Å². The number of aryl methyl sites for hydroxylation is 1. The number of hydrogen-bond acceptors (Lipinski definition) is 8. The van der Waals surface area contributed by atoms with Gasteiger partial charge in [-0.05, 0) is 39.3 Å². The number of carbonyl (C=O) groups is 3. The number of hydrogen-bond donors (Lipinski definition) is 4. The summed E-state index contributed by atoms with van der Waals surface area (Å²) in [5.74, 6) is -5.33. The first kappa shape index (κ1) is 19.6. The van der Waals surface area contributed by atoms with Gasteiger partial charge in [-0.1, -0.05) is 0 Å². The first-order valence-electron chi connectivity index (χ1n) is 8.45. The van der Waals surface area contributed by atoms with Gasteiger partial charge in [0.25, 0.3) is 0 Å². The summed E-state index contributed by atoms with van der Waals surface area (Å²) in [7, 11) is 1.16. The molecule has 1 aliphatic carbocycles. The highest BCUT2D eigenvalue weighted by molar-refractivity contribution is 6.37. The number of ketones is 3. The molecule has 2 aromatic carbocycles. The molecule has 0 fully saturated rings. The molecule has 3 rings (SSSR count). The van der Waals surface area contributed by atoms with Crippen LogP contribution in [-0.2, 0) is 4.79 Å². The molecule has 0 aromatic heterocycles. The lowest BCUT2D eigenvalue weighted by molar-refractivity contribution is -0.133. The third kappa shape index (κ3) is 2.00. The zero-order chi connectivity index (χ0) is 21.3. The van der Waals surface area contributed by atoms with Crippen LogP contribution in [0.25, 0.3) is 10.8 Å². The van der Waals surface area contributed by atoms with E-state index in [1.54, 1.807) is 0 Å². The number of phenols is 3. The van der Waals surface area contributed by atoms with Crippen LogP contribution in [0.4, 0.5) is 0 Å². The second-order valence-electron chi connectivity index (χ2n) is 7.49. The Morgan fingerprint density at radius 3 is 2.07 bits per heavy atom. The quantitative estimate of drug-likeness (QED) is 0.585. The largest absolute Gasteiger partial charge is 0.507 e. The van der Waals surface area contributed by atoms with Crippen LogP contribution in [0.5, 0.6) is 23.0 Å². The van der Waals surface area contributed by atoms with Crippen LogP contribution < -0.4 is 4.74 Å². The van der Waals surface area contributed by atoms with Gasteiger partial charge < -0.3 is 25.2 Å². The van der Waals surface area contributed by atoms with Crippen molar-refractivity contribution >= 4 is 28.1 Å². The van der Waals surface area contributed by atoms with E-state index >= 15 is 0 Å². The zero-order valence-corrected chi connectivity index (χ0v) is 16.0. The van der Waals surface area contributed by atoms with Gasteiger partial charge in [-0.25, -0.2) is 0 Å². The lowest BCUT2D eigenvalue weighted by atomic mass is 9.62. The van der Waals surface area contributed by atoms with Crippen LogP contribution in [-0.4, -0.2) is 50.5 Å². The van der Waals surface area contributed by atoms with Crippen LogP contribution in [0.2, 0.25) is 0 Å². The Balaban J connectivity index is 2.63. The number of Topliss-reactive ketones (excluding diaryl/α,β-unsaturated/α-hetero) is 3. The Hall–Kier alpha value is -3.13. The molecule has 0 bridgehead atoms. The fourth-order valence-electron chi connectivity index (χ4n) is 3.74. The van der Waals surface area contributed by atoms with E-state index < -0.39 is 62.5 Å². The third-order valence-corrected chi connectivity index (χ3v) is 5.76. The Morgan fingerprint density at radius 1 is 1.04 bits per heavy atom. The first-order valence-corrected chi connectivity index (χ1v) is 8.45. The number of rotatable bonds is 3. The van der Waals surface area contributed by atoms with Crippen molar-refractivity contribution < 1.29 is 39.5 Å². The van der Waals surface area contributed by atoms with E-state index in [2.05, 4.69) is 0 Å². The molecule has 4 N–H and O–H groups in total. The molecule has 0 aliphatic heterocycles.